The number of hydrogen-bond acceptors (Lipinski definition) is 3. The normalized spacial score (nSPS) is 11.6. The molecular formula is C45H29N5. The van der Waals surface area contributed by atoms with Crippen LogP contribution in [0, 0.1) is 0 Å². The second-order valence-electron chi connectivity index (χ2n) is 12.5. The van der Waals surface area contributed by atoms with E-state index in [1.807, 2.05) is 48.9 Å². The number of rotatable bonds is 5. The first-order chi connectivity index (χ1) is 24.8. The van der Waals surface area contributed by atoms with E-state index in [4.69, 9.17) is 15.0 Å². The van der Waals surface area contributed by atoms with Crippen LogP contribution in [-0.4, -0.2) is 24.1 Å². The molecule has 0 N–H and O–H groups in total. The van der Waals surface area contributed by atoms with Gasteiger partial charge in [-0.15, -0.1) is 0 Å². The zero-order valence-electron chi connectivity index (χ0n) is 27.0. The SMILES string of the molecule is c1ccc(-n2c3cc(-c4cccc5c6ccccc6n(-c6cc(-c7ccccn7)cc(-c7ccccn7)c6)c45)ccc3c3cccnc32)cc1. The number of para-hydroxylation sites is 3. The van der Waals surface area contributed by atoms with Crippen molar-refractivity contribution < 1.29 is 0 Å². The molecule has 0 saturated carbocycles. The van der Waals surface area contributed by atoms with Gasteiger partial charge in [0.15, 0.2) is 0 Å². The van der Waals surface area contributed by atoms with Crippen molar-refractivity contribution in [2.24, 2.45) is 0 Å². The lowest BCUT2D eigenvalue weighted by Gasteiger charge is -2.15. The van der Waals surface area contributed by atoms with E-state index in [1.54, 1.807) is 0 Å². The highest BCUT2D eigenvalue weighted by molar-refractivity contribution is 6.15. The molecule has 0 amide bonds. The van der Waals surface area contributed by atoms with Gasteiger partial charge in [-0.2, -0.15) is 0 Å². The number of aromatic nitrogens is 5. The smallest absolute Gasteiger partial charge is 0.145 e. The number of nitrogens with zero attached hydrogens (tertiary/aromatic N) is 5. The van der Waals surface area contributed by atoms with Crippen molar-refractivity contribution in [1.29, 1.82) is 0 Å². The third-order valence-electron chi connectivity index (χ3n) is 9.64. The largest absolute Gasteiger partial charge is 0.309 e. The van der Waals surface area contributed by atoms with E-state index in [0.717, 1.165) is 72.6 Å². The first-order valence-electron chi connectivity index (χ1n) is 16.8. The van der Waals surface area contributed by atoms with Crippen molar-refractivity contribution in [3.63, 3.8) is 0 Å². The fraction of sp³-hybridized carbons (Fsp3) is 0. The van der Waals surface area contributed by atoms with Crippen molar-refractivity contribution in [2.45, 2.75) is 0 Å². The molecule has 0 atom stereocenters. The van der Waals surface area contributed by atoms with Crippen LogP contribution in [0.25, 0.3) is 88.8 Å². The molecule has 10 aromatic rings. The van der Waals surface area contributed by atoms with Crippen LogP contribution in [0.15, 0.2) is 176 Å². The van der Waals surface area contributed by atoms with Crippen molar-refractivity contribution >= 4 is 43.7 Å². The zero-order chi connectivity index (χ0) is 33.0. The van der Waals surface area contributed by atoms with E-state index in [9.17, 15) is 0 Å². The highest BCUT2D eigenvalue weighted by atomic mass is 15.0. The Morgan fingerprint density at radius 1 is 0.360 bits per heavy atom. The summed E-state index contributed by atoms with van der Waals surface area (Å²) >= 11 is 0. The number of pyridine rings is 3. The standard InChI is InChI=1S/C45H29N5/c1-2-12-33(13-3-1)50-43-29-30(21-22-37(43)39-17-11-25-48-45(39)50)35-15-10-16-38-36-14-4-5-20-42(36)49(44(35)38)34-27-31(40-18-6-8-23-46-40)26-32(28-34)41-19-7-9-24-47-41/h1-29H. The Morgan fingerprint density at radius 3 is 1.78 bits per heavy atom. The molecule has 0 bridgehead atoms. The van der Waals surface area contributed by atoms with Gasteiger partial charge in [0.1, 0.15) is 5.65 Å². The van der Waals surface area contributed by atoms with Gasteiger partial charge in [-0.05, 0) is 84.4 Å². The van der Waals surface area contributed by atoms with Gasteiger partial charge < -0.3 is 4.57 Å². The minimum Gasteiger partial charge on any atom is -0.309 e. The molecule has 50 heavy (non-hydrogen) atoms. The molecule has 0 saturated heterocycles. The highest BCUT2D eigenvalue weighted by Crippen LogP contribution is 2.41. The highest BCUT2D eigenvalue weighted by Gasteiger charge is 2.20. The average Bonchev–Trinajstić information content (AvgIpc) is 3.71. The van der Waals surface area contributed by atoms with Crippen LogP contribution < -0.4 is 0 Å². The molecule has 5 aromatic carbocycles. The van der Waals surface area contributed by atoms with Gasteiger partial charge in [0.2, 0.25) is 0 Å². The number of benzene rings is 5. The molecule has 5 aromatic heterocycles. The van der Waals surface area contributed by atoms with Crippen LogP contribution in [0.4, 0.5) is 0 Å². The molecule has 0 aliphatic rings. The molecule has 0 radical (unpaired) electrons. The van der Waals surface area contributed by atoms with Crippen molar-refractivity contribution in [1.82, 2.24) is 24.1 Å². The number of hydrogen-bond donors (Lipinski definition) is 0. The summed E-state index contributed by atoms with van der Waals surface area (Å²) in [5.41, 5.74) is 12.7. The van der Waals surface area contributed by atoms with E-state index >= 15 is 0 Å². The monoisotopic (exact) mass is 639 g/mol. The molecule has 0 fully saturated rings. The molecule has 234 valence electrons. The van der Waals surface area contributed by atoms with E-state index < -0.39 is 0 Å². The zero-order valence-corrected chi connectivity index (χ0v) is 27.0. The van der Waals surface area contributed by atoms with Gasteiger partial charge in [0.25, 0.3) is 0 Å². The van der Waals surface area contributed by atoms with Gasteiger partial charge in [-0.25, -0.2) is 4.98 Å². The summed E-state index contributed by atoms with van der Waals surface area (Å²) in [6.45, 7) is 0. The van der Waals surface area contributed by atoms with Gasteiger partial charge in [0.05, 0.1) is 27.9 Å². The van der Waals surface area contributed by atoms with E-state index in [0.29, 0.717) is 0 Å². The molecule has 5 heteroatoms. The summed E-state index contributed by atoms with van der Waals surface area (Å²) in [5, 5.41) is 4.72. The van der Waals surface area contributed by atoms with Crippen LogP contribution >= 0.6 is 0 Å². The molecule has 0 aliphatic carbocycles. The third-order valence-corrected chi connectivity index (χ3v) is 9.64. The Hall–Kier alpha value is -6.85. The maximum atomic E-state index is 4.84. The molecular weight excluding hydrogens is 611 g/mol. The van der Waals surface area contributed by atoms with Crippen LogP contribution in [-0.2, 0) is 0 Å². The van der Waals surface area contributed by atoms with Crippen LogP contribution in [0.1, 0.15) is 0 Å². The maximum Gasteiger partial charge on any atom is 0.145 e. The lowest BCUT2D eigenvalue weighted by atomic mass is 10.00. The average molecular weight is 640 g/mol. The van der Waals surface area contributed by atoms with Crippen LogP contribution in [0.3, 0.4) is 0 Å². The summed E-state index contributed by atoms with van der Waals surface area (Å²) in [6.07, 6.45) is 5.57. The van der Waals surface area contributed by atoms with E-state index in [1.165, 1.54) is 16.2 Å². The molecule has 5 heterocycles. The predicted molar refractivity (Wildman–Crippen MR) is 205 cm³/mol. The second kappa shape index (κ2) is 11.4. The minimum absolute atomic E-state index is 0.917. The summed E-state index contributed by atoms with van der Waals surface area (Å²) in [7, 11) is 0. The van der Waals surface area contributed by atoms with E-state index in [-0.39, 0.29) is 0 Å². The predicted octanol–water partition coefficient (Wildman–Crippen LogP) is 11.1. The molecule has 5 nitrogen and oxygen atoms in total. The van der Waals surface area contributed by atoms with Crippen molar-refractivity contribution in [3.8, 4) is 45.0 Å². The number of fused-ring (bicyclic) bond motifs is 6. The molecule has 0 aliphatic heterocycles. The molecule has 0 unspecified atom stereocenters. The lowest BCUT2D eigenvalue weighted by molar-refractivity contribution is 1.14. The fourth-order valence-corrected chi connectivity index (χ4v) is 7.47. The Bertz CT molecular complexity index is 2800. The van der Waals surface area contributed by atoms with Crippen LogP contribution in [0.5, 0.6) is 0 Å². The van der Waals surface area contributed by atoms with Gasteiger partial charge in [-0.3, -0.25) is 14.5 Å². The maximum absolute atomic E-state index is 4.84. The fourth-order valence-electron chi connectivity index (χ4n) is 7.47. The quantitative estimate of drug-likeness (QED) is 0.188. The summed E-state index contributed by atoms with van der Waals surface area (Å²) < 4.78 is 4.69. The Labute approximate surface area is 288 Å². The van der Waals surface area contributed by atoms with Crippen LogP contribution in [0.2, 0.25) is 0 Å². The third kappa shape index (κ3) is 4.45. The van der Waals surface area contributed by atoms with Crippen molar-refractivity contribution in [3.05, 3.63) is 176 Å². The topological polar surface area (TPSA) is 48.5 Å². The molecule has 0 spiro atoms. The lowest BCUT2D eigenvalue weighted by Crippen LogP contribution is -1.98. The van der Waals surface area contributed by atoms with Gasteiger partial charge in [0, 0.05) is 68.2 Å². The minimum atomic E-state index is 0.917. The summed E-state index contributed by atoms with van der Waals surface area (Å²) in [5.74, 6) is 0. The summed E-state index contributed by atoms with van der Waals surface area (Å²) in [6, 6.07) is 55.7. The Morgan fingerprint density at radius 2 is 1.02 bits per heavy atom. The van der Waals surface area contributed by atoms with Crippen molar-refractivity contribution in [2.75, 3.05) is 0 Å². The Kier molecular flexibility index (Phi) is 6.42. The second-order valence-corrected chi connectivity index (χ2v) is 12.5. The van der Waals surface area contributed by atoms with E-state index in [2.05, 4.69) is 137 Å². The van der Waals surface area contributed by atoms with Gasteiger partial charge in [-0.1, -0.05) is 78.9 Å². The molecule has 10 rings (SSSR count). The van der Waals surface area contributed by atoms with Gasteiger partial charge >= 0.3 is 0 Å². The first-order valence-corrected chi connectivity index (χ1v) is 16.8. The summed E-state index contributed by atoms with van der Waals surface area (Å²) in [4.78, 5) is 14.3. The first kappa shape index (κ1) is 28.2. The Balaban J connectivity index is 1.28.